The van der Waals surface area contributed by atoms with Crippen molar-refractivity contribution >= 4 is 5.91 Å². The lowest BCUT2D eigenvalue weighted by atomic mass is 10.0. The number of rotatable bonds is 6. The predicted octanol–water partition coefficient (Wildman–Crippen LogP) is 2.74. The molecule has 0 saturated heterocycles. The minimum absolute atomic E-state index is 0.000399. The highest BCUT2D eigenvalue weighted by Gasteiger charge is 2.15. The van der Waals surface area contributed by atoms with Crippen molar-refractivity contribution in [2.75, 3.05) is 0 Å². The highest BCUT2D eigenvalue weighted by molar-refractivity contribution is 5.79. The molecule has 0 aliphatic heterocycles. The summed E-state index contributed by atoms with van der Waals surface area (Å²) >= 11 is 0. The summed E-state index contributed by atoms with van der Waals surface area (Å²) in [6.45, 7) is 5.77. The average Bonchev–Trinajstić information content (AvgIpc) is 2.67. The van der Waals surface area contributed by atoms with Crippen LogP contribution >= 0.6 is 0 Å². The molecule has 1 amide bonds. The molecule has 0 radical (unpaired) electrons. The number of aromatic amines is 1. The Kier molecular flexibility index (Phi) is 5.99. The predicted molar refractivity (Wildman–Crippen MR) is 109 cm³/mol. The lowest BCUT2D eigenvalue weighted by molar-refractivity contribution is -0.121. The van der Waals surface area contributed by atoms with Crippen LogP contribution in [0.15, 0.2) is 53.6 Å². The van der Waals surface area contributed by atoms with Crippen molar-refractivity contribution in [3.05, 3.63) is 81.5 Å². The van der Waals surface area contributed by atoms with Gasteiger partial charge in [-0.3, -0.25) is 14.6 Å². The van der Waals surface area contributed by atoms with E-state index in [-0.39, 0.29) is 23.9 Å². The first kappa shape index (κ1) is 19.5. The van der Waals surface area contributed by atoms with Crippen LogP contribution in [0.2, 0.25) is 0 Å². The summed E-state index contributed by atoms with van der Waals surface area (Å²) < 4.78 is 0. The first-order valence-electron chi connectivity index (χ1n) is 9.28. The highest BCUT2D eigenvalue weighted by atomic mass is 16.2. The summed E-state index contributed by atoms with van der Waals surface area (Å²) in [6, 6.07) is 11.7. The van der Waals surface area contributed by atoms with Gasteiger partial charge < -0.3 is 10.3 Å². The van der Waals surface area contributed by atoms with E-state index in [9.17, 15) is 9.59 Å². The lowest BCUT2D eigenvalue weighted by Gasteiger charge is -2.16. The van der Waals surface area contributed by atoms with Gasteiger partial charge in [-0.2, -0.15) is 0 Å². The standard InChI is InChI=1S/C22H24N4O2/c1-14-7-4-5-8-17(14)11-15(2)24-20(27)12-19-16(3)25-21(26-22(19)28)18-9-6-10-23-13-18/h4-10,13,15H,11-12H2,1-3H3,(H,24,27)(H,25,26,28)/t15-/m1/s1. The Balaban J connectivity index is 1.68. The average molecular weight is 376 g/mol. The van der Waals surface area contributed by atoms with Gasteiger partial charge in [-0.05, 0) is 50.5 Å². The number of benzene rings is 1. The molecule has 0 saturated carbocycles. The van der Waals surface area contributed by atoms with E-state index < -0.39 is 0 Å². The van der Waals surface area contributed by atoms with Gasteiger partial charge >= 0.3 is 0 Å². The van der Waals surface area contributed by atoms with Crippen molar-refractivity contribution in [3.63, 3.8) is 0 Å². The number of aromatic nitrogens is 3. The van der Waals surface area contributed by atoms with Crippen LogP contribution in [-0.2, 0) is 17.6 Å². The van der Waals surface area contributed by atoms with Gasteiger partial charge in [0.25, 0.3) is 5.56 Å². The first-order chi connectivity index (χ1) is 13.4. The van der Waals surface area contributed by atoms with E-state index in [0.29, 0.717) is 17.1 Å². The third kappa shape index (κ3) is 4.71. The van der Waals surface area contributed by atoms with E-state index >= 15 is 0 Å². The van der Waals surface area contributed by atoms with Gasteiger partial charge in [-0.15, -0.1) is 0 Å². The van der Waals surface area contributed by atoms with Crippen molar-refractivity contribution in [2.45, 2.75) is 39.7 Å². The van der Waals surface area contributed by atoms with Crippen molar-refractivity contribution in [1.82, 2.24) is 20.3 Å². The van der Waals surface area contributed by atoms with E-state index in [2.05, 4.69) is 39.3 Å². The number of nitrogens with one attached hydrogen (secondary N) is 2. The maximum Gasteiger partial charge on any atom is 0.255 e. The number of pyridine rings is 1. The Bertz CT molecular complexity index is 1030. The monoisotopic (exact) mass is 376 g/mol. The Labute approximate surface area is 164 Å². The second kappa shape index (κ2) is 8.61. The van der Waals surface area contributed by atoms with Crippen LogP contribution in [0.1, 0.15) is 29.3 Å². The minimum atomic E-state index is -0.298. The van der Waals surface area contributed by atoms with E-state index in [1.54, 1.807) is 25.4 Å². The van der Waals surface area contributed by atoms with Crippen molar-refractivity contribution in [2.24, 2.45) is 0 Å². The number of H-pyrrole nitrogens is 1. The molecule has 0 fully saturated rings. The van der Waals surface area contributed by atoms with E-state index in [0.717, 1.165) is 12.0 Å². The van der Waals surface area contributed by atoms with E-state index in [1.165, 1.54) is 11.1 Å². The Morgan fingerprint density at radius 2 is 1.96 bits per heavy atom. The van der Waals surface area contributed by atoms with Gasteiger partial charge in [-0.1, -0.05) is 24.3 Å². The summed E-state index contributed by atoms with van der Waals surface area (Å²) in [4.78, 5) is 36.2. The van der Waals surface area contributed by atoms with Crippen molar-refractivity contribution in [1.29, 1.82) is 0 Å². The molecule has 2 heterocycles. The fourth-order valence-electron chi connectivity index (χ4n) is 3.16. The molecular weight excluding hydrogens is 352 g/mol. The molecule has 0 spiro atoms. The Morgan fingerprint density at radius 3 is 2.64 bits per heavy atom. The molecule has 28 heavy (non-hydrogen) atoms. The molecule has 1 atom stereocenters. The van der Waals surface area contributed by atoms with Gasteiger partial charge in [0.05, 0.1) is 6.42 Å². The van der Waals surface area contributed by atoms with Crippen LogP contribution in [0, 0.1) is 13.8 Å². The van der Waals surface area contributed by atoms with Crippen molar-refractivity contribution in [3.8, 4) is 11.4 Å². The highest BCUT2D eigenvalue weighted by Crippen LogP contribution is 2.13. The number of amides is 1. The topological polar surface area (TPSA) is 87.7 Å². The molecule has 6 nitrogen and oxygen atoms in total. The molecular formula is C22H24N4O2. The molecule has 0 unspecified atom stereocenters. The number of carbonyl (C=O) groups is 1. The van der Waals surface area contributed by atoms with Gasteiger partial charge in [-0.25, -0.2) is 4.98 Å². The third-order valence-corrected chi connectivity index (χ3v) is 4.69. The largest absolute Gasteiger partial charge is 0.353 e. The molecule has 6 heteroatoms. The third-order valence-electron chi connectivity index (χ3n) is 4.69. The number of hydrogen-bond acceptors (Lipinski definition) is 4. The van der Waals surface area contributed by atoms with E-state index in [4.69, 9.17) is 0 Å². The van der Waals surface area contributed by atoms with Crippen LogP contribution in [0.4, 0.5) is 0 Å². The summed E-state index contributed by atoms with van der Waals surface area (Å²) in [5.41, 5.74) is 3.76. The van der Waals surface area contributed by atoms with Crippen LogP contribution in [0.25, 0.3) is 11.4 Å². The van der Waals surface area contributed by atoms with Gasteiger partial charge in [0, 0.05) is 35.3 Å². The lowest BCUT2D eigenvalue weighted by Crippen LogP contribution is -2.36. The second-order valence-electron chi connectivity index (χ2n) is 7.00. The zero-order valence-corrected chi connectivity index (χ0v) is 16.3. The minimum Gasteiger partial charge on any atom is -0.353 e. The second-order valence-corrected chi connectivity index (χ2v) is 7.00. The fraction of sp³-hybridized carbons (Fsp3) is 0.273. The Morgan fingerprint density at radius 1 is 1.18 bits per heavy atom. The maximum atomic E-state index is 12.5. The molecule has 2 aromatic heterocycles. The molecule has 0 bridgehead atoms. The van der Waals surface area contributed by atoms with Gasteiger partial charge in [0.2, 0.25) is 5.91 Å². The number of hydrogen-bond donors (Lipinski definition) is 2. The summed E-state index contributed by atoms with van der Waals surface area (Å²) in [7, 11) is 0. The molecule has 3 rings (SSSR count). The normalized spacial score (nSPS) is 11.8. The quantitative estimate of drug-likeness (QED) is 0.692. The summed E-state index contributed by atoms with van der Waals surface area (Å²) in [5, 5.41) is 2.98. The molecule has 3 aromatic rings. The van der Waals surface area contributed by atoms with Crippen molar-refractivity contribution < 1.29 is 4.79 Å². The Hall–Kier alpha value is -3.28. The summed E-state index contributed by atoms with van der Waals surface area (Å²) in [5.74, 6) is 0.262. The number of aryl methyl sites for hydroxylation is 2. The molecule has 1 aromatic carbocycles. The SMILES string of the molecule is Cc1ccccc1C[C@@H](C)NC(=O)Cc1c(C)nc(-c2cccnc2)[nH]c1=O. The fourth-order valence-corrected chi connectivity index (χ4v) is 3.16. The van der Waals surface area contributed by atoms with Gasteiger partial charge in [0.15, 0.2) is 0 Å². The van der Waals surface area contributed by atoms with Crippen LogP contribution in [-0.4, -0.2) is 26.9 Å². The van der Waals surface area contributed by atoms with Crippen LogP contribution in [0.5, 0.6) is 0 Å². The number of carbonyl (C=O) groups excluding carboxylic acids is 1. The molecule has 0 aliphatic carbocycles. The molecule has 2 N–H and O–H groups in total. The van der Waals surface area contributed by atoms with Crippen LogP contribution in [0.3, 0.4) is 0 Å². The number of nitrogens with zero attached hydrogens (tertiary/aromatic N) is 2. The maximum absolute atomic E-state index is 12.5. The van der Waals surface area contributed by atoms with E-state index in [1.807, 2.05) is 25.1 Å². The zero-order chi connectivity index (χ0) is 20.1. The first-order valence-corrected chi connectivity index (χ1v) is 9.28. The molecule has 0 aliphatic rings. The smallest absolute Gasteiger partial charge is 0.255 e. The molecule has 144 valence electrons. The van der Waals surface area contributed by atoms with Gasteiger partial charge in [0.1, 0.15) is 5.82 Å². The zero-order valence-electron chi connectivity index (χ0n) is 16.3. The van der Waals surface area contributed by atoms with Crippen LogP contribution < -0.4 is 10.9 Å². The summed E-state index contributed by atoms with van der Waals surface area (Å²) in [6.07, 6.45) is 4.04.